The smallest absolute Gasteiger partial charge is 0.191 e. The molecule has 176 valence electrons. The Bertz CT molecular complexity index is 685. The normalized spacial score (nSPS) is 24.6. The molecule has 1 heterocycles. The summed E-state index contributed by atoms with van der Waals surface area (Å²) in [5, 5.41) is 7.37. The molecule has 2 aliphatic rings. The average Bonchev–Trinajstić information content (AvgIpc) is 2.80. The molecule has 2 fully saturated rings. The first kappa shape index (κ1) is 26.5. The second-order valence-electron chi connectivity index (χ2n) is 8.09. The van der Waals surface area contributed by atoms with Crippen LogP contribution in [-0.4, -0.2) is 71.5 Å². The van der Waals surface area contributed by atoms with Crippen molar-refractivity contribution in [1.29, 1.82) is 0 Å². The monoisotopic (exact) mass is 562 g/mol. The zero-order valence-corrected chi connectivity index (χ0v) is 22.1. The zero-order chi connectivity index (χ0) is 21.2. The van der Waals surface area contributed by atoms with Crippen LogP contribution in [-0.2, 0) is 15.5 Å². The molecule has 2 N–H and O–H groups in total. The molecular weight excluding hydrogens is 523 g/mol. The van der Waals surface area contributed by atoms with Gasteiger partial charge in [0.15, 0.2) is 5.96 Å². The number of guanidine groups is 1. The van der Waals surface area contributed by atoms with Crippen LogP contribution in [0.25, 0.3) is 0 Å². The molecule has 1 saturated carbocycles. The van der Waals surface area contributed by atoms with Gasteiger partial charge in [0.25, 0.3) is 0 Å². The quantitative estimate of drug-likeness (QED) is 0.289. The van der Waals surface area contributed by atoms with Crippen molar-refractivity contribution in [2.75, 3.05) is 45.1 Å². The van der Waals surface area contributed by atoms with Crippen molar-refractivity contribution in [3.8, 4) is 0 Å². The average molecular weight is 563 g/mol. The lowest BCUT2D eigenvalue weighted by Crippen LogP contribution is -2.47. The van der Waals surface area contributed by atoms with Gasteiger partial charge in [-0.3, -0.25) is 14.1 Å². The molecule has 0 aromatic heterocycles. The highest BCUT2D eigenvalue weighted by Gasteiger charge is 2.27. The summed E-state index contributed by atoms with van der Waals surface area (Å²) in [7, 11) is -0.711. The number of nitrogens with zero attached hydrogens (tertiary/aromatic N) is 2. The Hall–Kier alpha value is -0.710. The Labute approximate surface area is 207 Å². The molecule has 8 heteroatoms. The van der Waals surface area contributed by atoms with Crippen LogP contribution in [0.5, 0.6) is 0 Å². The number of aliphatic imine (C=N–C) groups is 1. The molecule has 1 aromatic rings. The van der Waals surface area contributed by atoms with Gasteiger partial charge in [-0.2, -0.15) is 0 Å². The van der Waals surface area contributed by atoms with Gasteiger partial charge in [-0.25, -0.2) is 0 Å². The van der Waals surface area contributed by atoms with Crippen LogP contribution in [0, 0.1) is 0 Å². The molecular formula is C23H39IN4O2S. The Morgan fingerprint density at radius 1 is 1.23 bits per heavy atom. The van der Waals surface area contributed by atoms with E-state index in [9.17, 15) is 4.21 Å². The number of hydrogen-bond acceptors (Lipinski definition) is 4. The van der Waals surface area contributed by atoms with Crippen LogP contribution >= 0.6 is 24.0 Å². The number of benzene rings is 1. The molecule has 1 aromatic carbocycles. The molecule has 1 saturated heterocycles. The van der Waals surface area contributed by atoms with E-state index in [1.54, 1.807) is 0 Å². The van der Waals surface area contributed by atoms with Gasteiger partial charge in [-0.05, 0) is 31.7 Å². The first-order valence-corrected chi connectivity index (χ1v) is 12.9. The first-order valence-electron chi connectivity index (χ1n) is 11.5. The summed E-state index contributed by atoms with van der Waals surface area (Å²) >= 11 is 0. The van der Waals surface area contributed by atoms with Crippen molar-refractivity contribution >= 4 is 40.7 Å². The van der Waals surface area contributed by atoms with Crippen LogP contribution in [0.4, 0.5) is 0 Å². The molecule has 1 aliphatic carbocycles. The molecule has 3 rings (SSSR count). The predicted octanol–water partition coefficient (Wildman–Crippen LogP) is 3.31. The fourth-order valence-electron chi connectivity index (χ4n) is 4.44. The summed E-state index contributed by atoms with van der Waals surface area (Å²) < 4.78 is 17.9. The molecule has 4 unspecified atom stereocenters. The SMILES string of the molecule is CCNC(=NCC(c1ccccc1)N1CCOCC1)NC1CCCC(S(=O)CC)C1.I. The van der Waals surface area contributed by atoms with E-state index in [0.29, 0.717) is 17.8 Å². The molecule has 0 amide bonds. The maximum atomic E-state index is 12.3. The highest BCUT2D eigenvalue weighted by Crippen LogP contribution is 2.24. The van der Waals surface area contributed by atoms with Crippen molar-refractivity contribution in [3.05, 3.63) is 35.9 Å². The summed E-state index contributed by atoms with van der Waals surface area (Å²) in [6.07, 6.45) is 4.30. The van der Waals surface area contributed by atoms with Crippen molar-refractivity contribution in [2.45, 2.75) is 56.9 Å². The first-order chi connectivity index (χ1) is 14.7. The van der Waals surface area contributed by atoms with Crippen molar-refractivity contribution in [2.24, 2.45) is 4.99 Å². The predicted molar refractivity (Wildman–Crippen MR) is 141 cm³/mol. The number of morpholine rings is 1. The molecule has 0 bridgehead atoms. The maximum Gasteiger partial charge on any atom is 0.191 e. The van der Waals surface area contributed by atoms with Gasteiger partial charge >= 0.3 is 0 Å². The van der Waals surface area contributed by atoms with E-state index in [-0.39, 0.29) is 30.0 Å². The number of rotatable bonds is 8. The van der Waals surface area contributed by atoms with Crippen LogP contribution < -0.4 is 10.6 Å². The van der Waals surface area contributed by atoms with E-state index in [1.807, 2.05) is 6.92 Å². The number of halogens is 1. The molecule has 1 aliphatic heterocycles. The summed E-state index contributed by atoms with van der Waals surface area (Å²) in [6.45, 7) is 9.09. The summed E-state index contributed by atoms with van der Waals surface area (Å²) in [5.74, 6) is 1.63. The van der Waals surface area contributed by atoms with Gasteiger partial charge in [0, 0.05) is 47.5 Å². The standard InChI is InChI=1S/C23H38N4O2S.HI/c1-3-24-23(26-20-11-8-12-21(17-20)30(28)4-2)25-18-22(19-9-6-5-7-10-19)27-13-15-29-16-14-27;/h5-7,9-10,20-22H,3-4,8,11-18H2,1-2H3,(H2,24,25,26);1H. The van der Waals surface area contributed by atoms with E-state index >= 15 is 0 Å². The molecule has 6 nitrogen and oxygen atoms in total. The Kier molecular flexibility index (Phi) is 12.4. The van der Waals surface area contributed by atoms with Crippen LogP contribution in [0.2, 0.25) is 0 Å². The lowest BCUT2D eigenvalue weighted by molar-refractivity contribution is 0.0179. The van der Waals surface area contributed by atoms with E-state index in [4.69, 9.17) is 9.73 Å². The molecule has 31 heavy (non-hydrogen) atoms. The van der Waals surface area contributed by atoms with Crippen molar-refractivity contribution in [3.63, 3.8) is 0 Å². The highest BCUT2D eigenvalue weighted by atomic mass is 127. The fraction of sp³-hybridized carbons (Fsp3) is 0.696. The highest BCUT2D eigenvalue weighted by molar-refractivity contribution is 14.0. The topological polar surface area (TPSA) is 66.0 Å². The Morgan fingerprint density at radius 2 is 1.97 bits per heavy atom. The van der Waals surface area contributed by atoms with Crippen LogP contribution in [0.1, 0.15) is 51.1 Å². The van der Waals surface area contributed by atoms with E-state index in [1.165, 1.54) is 5.56 Å². The number of ether oxygens (including phenoxy) is 1. The minimum atomic E-state index is -0.711. The Morgan fingerprint density at radius 3 is 2.65 bits per heavy atom. The number of hydrogen-bond donors (Lipinski definition) is 2. The lowest BCUT2D eigenvalue weighted by atomic mass is 9.95. The van der Waals surface area contributed by atoms with E-state index in [2.05, 4.69) is 52.8 Å². The van der Waals surface area contributed by atoms with Crippen LogP contribution in [0.15, 0.2) is 35.3 Å². The minimum absolute atomic E-state index is 0. The maximum absolute atomic E-state index is 12.3. The van der Waals surface area contributed by atoms with Gasteiger partial charge in [-0.1, -0.05) is 43.7 Å². The summed E-state index contributed by atoms with van der Waals surface area (Å²) in [5.41, 5.74) is 1.30. The third-order valence-corrected chi connectivity index (χ3v) is 7.80. The molecule has 0 spiro atoms. The Balaban J connectivity index is 0.00000341. The third-order valence-electron chi connectivity index (χ3n) is 6.06. The van der Waals surface area contributed by atoms with E-state index in [0.717, 1.165) is 70.2 Å². The van der Waals surface area contributed by atoms with E-state index < -0.39 is 10.8 Å². The fourth-order valence-corrected chi connectivity index (χ4v) is 5.79. The second kappa shape index (κ2) is 14.4. The van der Waals surface area contributed by atoms with Gasteiger partial charge < -0.3 is 15.4 Å². The van der Waals surface area contributed by atoms with Gasteiger partial charge in [0.05, 0.1) is 25.8 Å². The third kappa shape index (κ3) is 8.29. The lowest BCUT2D eigenvalue weighted by Gasteiger charge is -2.34. The molecule has 0 radical (unpaired) electrons. The second-order valence-corrected chi connectivity index (χ2v) is 10.1. The van der Waals surface area contributed by atoms with Crippen molar-refractivity contribution < 1.29 is 8.95 Å². The molecule has 4 atom stereocenters. The van der Waals surface area contributed by atoms with Gasteiger partial charge in [-0.15, -0.1) is 24.0 Å². The van der Waals surface area contributed by atoms with Gasteiger partial charge in [0.2, 0.25) is 0 Å². The van der Waals surface area contributed by atoms with Crippen molar-refractivity contribution in [1.82, 2.24) is 15.5 Å². The summed E-state index contributed by atoms with van der Waals surface area (Å²) in [6, 6.07) is 11.3. The number of nitrogens with one attached hydrogen (secondary N) is 2. The summed E-state index contributed by atoms with van der Waals surface area (Å²) in [4.78, 5) is 7.46. The minimum Gasteiger partial charge on any atom is -0.379 e. The van der Waals surface area contributed by atoms with Crippen LogP contribution in [0.3, 0.4) is 0 Å². The largest absolute Gasteiger partial charge is 0.379 e. The van der Waals surface area contributed by atoms with Gasteiger partial charge in [0.1, 0.15) is 0 Å². The zero-order valence-electron chi connectivity index (χ0n) is 18.9.